The van der Waals surface area contributed by atoms with Crippen LogP contribution < -0.4 is 0 Å². The number of hydrogen-bond acceptors (Lipinski definition) is 0. The van der Waals surface area contributed by atoms with Crippen molar-refractivity contribution in [1.82, 2.24) is 0 Å². The van der Waals surface area contributed by atoms with E-state index in [-0.39, 0.29) is 0 Å². The van der Waals surface area contributed by atoms with Crippen LogP contribution in [0.25, 0.3) is 0 Å². The zero-order chi connectivity index (χ0) is 6.69. The van der Waals surface area contributed by atoms with E-state index in [1.54, 1.807) is 5.54 Å². The Kier molecular flexibility index (Phi) is 2.62. The van der Waals surface area contributed by atoms with E-state index >= 15 is 0 Å². The number of rotatable bonds is 0. The molecule has 0 N–H and O–H groups in total. The summed E-state index contributed by atoms with van der Waals surface area (Å²) in [6.45, 7) is 0. The highest BCUT2D eigenvalue weighted by molar-refractivity contribution is 6.34. The van der Waals surface area contributed by atoms with E-state index in [0.29, 0.717) is 0 Å². The molecule has 0 amide bonds. The van der Waals surface area contributed by atoms with Crippen LogP contribution in [0.5, 0.6) is 0 Å². The van der Waals surface area contributed by atoms with Crippen molar-refractivity contribution in [2.24, 2.45) is 0 Å². The normalized spacial score (nSPS) is 24.2. The molecule has 0 bridgehead atoms. The molecule has 0 unspecified atom stereocenters. The van der Waals surface area contributed by atoms with Crippen LogP contribution in [0.3, 0.4) is 0 Å². The van der Waals surface area contributed by atoms with Gasteiger partial charge < -0.3 is 0 Å². The zero-order valence-electron chi connectivity index (χ0n) is 5.03. The van der Waals surface area contributed by atoms with Crippen LogP contribution in [0.1, 0.15) is 19.3 Å². The lowest BCUT2D eigenvalue weighted by Gasteiger charge is -2.08. The maximum Gasteiger partial charge on any atom is 0.0406 e. The molecule has 9 heavy (non-hydrogen) atoms. The minimum absolute atomic E-state index is 0.830. The first-order valence-corrected chi connectivity index (χ1v) is 3.81. The van der Waals surface area contributed by atoms with Gasteiger partial charge in [0.1, 0.15) is 0 Å². The molecule has 1 aliphatic rings. The maximum absolute atomic E-state index is 5.79. The molecule has 0 aromatic heterocycles. The van der Waals surface area contributed by atoms with Crippen molar-refractivity contribution in [3.8, 4) is 0 Å². The summed E-state index contributed by atoms with van der Waals surface area (Å²) in [6.07, 6.45) is 5.31. The van der Waals surface area contributed by atoms with E-state index in [2.05, 4.69) is 0 Å². The van der Waals surface area contributed by atoms with Gasteiger partial charge in [-0.1, -0.05) is 29.3 Å². The molecule has 0 radical (unpaired) electrons. The molecule has 50 valence electrons. The second-order valence-corrected chi connectivity index (χ2v) is 2.70. The average molecular weight is 163 g/mol. The second-order valence-electron chi connectivity index (χ2n) is 2.08. The molecular weight excluding hydrogens is 155 g/mol. The number of allylic oxidation sites excluding steroid dienone is 3. The van der Waals surface area contributed by atoms with Crippen molar-refractivity contribution in [2.45, 2.75) is 19.3 Å². The van der Waals surface area contributed by atoms with Crippen molar-refractivity contribution >= 4 is 23.2 Å². The molecular formula is C7H8Cl2. The number of halogens is 2. The van der Waals surface area contributed by atoms with Gasteiger partial charge in [-0.2, -0.15) is 0 Å². The van der Waals surface area contributed by atoms with E-state index in [9.17, 15) is 0 Å². The van der Waals surface area contributed by atoms with Crippen LogP contribution in [-0.4, -0.2) is 0 Å². The Balaban J connectivity index is 2.73. The molecule has 0 aliphatic heterocycles. The first kappa shape index (κ1) is 7.17. The lowest BCUT2D eigenvalue weighted by molar-refractivity contribution is 0.817. The highest BCUT2D eigenvalue weighted by atomic mass is 35.5. The Hall–Kier alpha value is 0.0600. The summed E-state index contributed by atoms with van der Waals surface area (Å²) in [7, 11) is 0. The third-order valence-corrected chi connectivity index (χ3v) is 2.07. The van der Waals surface area contributed by atoms with Crippen molar-refractivity contribution in [3.63, 3.8) is 0 Å². The Bertz CT molecular complexity index is 156. The fraction of sp³-hybridized carbons (Fsp3) is 0.429. The van der Waals surface area contributed by atoms with Gasteiger partial charge in [0, 0.05) is 10.6 Å². The van der Waals surface area contributed by atoms with Gasteiger partial charge in [-0.15, -0.1) is 0 Å². The molecule has 2 heteroatoms. The highest BCUT2D eigenvalue weighted by Crippen LogP contribution is 2.26. The Morgan fingerprint density at radius 2 is 2.33 bits per heavy atom. The Morgan fingerprint density at radius 1 is 1.56 bits per heavy atom. The predicted octanol–water partition coefficient (Wildman–Crippen LogP) is 3.42. The molecule has 0 heterocycles. The summed E-state index contributed by atoms with van der Waals surface area (Å²) < 4.78 is 0. The summed E-state index contributed by atoms with van der Waals surface area (Å²) >= 11 is 11.3. The van der Waals surface area contributed by atoms with Gasteiger partial charge in [-0.05, 0) is 24.8 Å². The standard InChI is InChI=1S/C7H8Cl2/c8-5-6-3-1-2-4-7(6)9/h4-5H,1-3H2. The third-order valence-electron chi connectivity index (χ3n) is 1.41. The van der Waals surface area contributed by atoms with Crippen LogP contribution in [0.2, 0.25) is 0 Å². The zero-order valence-corrected chi connectivity index (χ0v) is 6.54. The largest absolute Gasteiger partial charge is 0.0926 e. The van der Waals surface area contributed by atoms with Gasteiger partial charge in [0.25, 0.3) is 0 Å². The SMILES string of the molecule is ClC=C1CCCC=C1Cl. The summed E-state index contributed by atoms with van der Waals surface area (Å²) in [5.41, 5.74) is 2.64. The van der Waals surface area contributed by atoms with Gasteiger partial charge >= 0.3 is 0 Å². The van der Waals surface area contributed by atoms with Gasteiger partial charge in [0.15, 0.2) is 0 Å². The van der Waals surface area contributed by atoms with Crippen LogP contribution in [-0.2, 0) is 0 Å². The van der Waals surface area contributed by atoms with E-state index in [0.717, 1.165) is 23.4 Å². The van der Waals surface area contributed by atoms with E-state index in [1.165, 1.54) is 6.42 Å². The van der Waals surface area contributed by atoms with Gasteiger partial charge in [-0.3, -0.25) is 0 Å². The summed E-state index contributed by atoms with van der Waals surface area (Å²) in [5.74, 6) is 0. The van der Waals surface area contributed by atoms with E-state index in [1.807, 2.05) is 6.08 Å². The summed E-state index contributed by atoms with van der Waals surface area (Å²) in [4.78, 5) is 0. The van der Waals surface area contributed by atoms with E-state index < -0.39 is 0 Å². The monoisotopic (exact) mass is 162 g/mol. The molecule has 0 fully saturated rings. The number of hydrogen-bond donors (Lipinski definition) is 0. The molecule has 0 spiro atoms. The molecule has 1 aliphatic carbocycles. The topological polar surface area (TPSA) is 0 Å². The fourth-order valence-electron chi connectivity index (χ4n) is 0.878. The predicted molar refractivity (Wildman–Crippen MR) is 41.7 cm³/mol. The summed E-state index contributed by atoms with van der Waals surface area (Å²) in [6, 6.07) is 0. The molecule has 1 rings (SSSR count). The molecule has 0 nitrogen and oxygen atoms in total. The highest BCUT2D eigenvalue weighted by Gasteiger charge is 2.05. The van der Waals surface area contributed by atoms with Crippen LogP contribution in [0, 0.1) is 0 Å². The lowest BCUT2D eigenvalue weighted by atomic mass is 10.0. The maximum atomic E-state index is 5.79. The quantitative estimate of drug-likeness (QED) is 0.513. The first-order chi connectivity index (χ1) is 4.34. The van der Waals surface area contributed by atoms with Crippen LogP contribution in [0.4, 0.5) is 0 Å². The molecule has 0 aromatic carbocycles. The van der Waals surface area contributed by atoms with Crippen molar-refractivity contribution in [1.29, 1.82) is 0 Å². The third kappa shape index (κ3) is 1.74. The average Bonchev–Trinajstić information content (AvgIpc) is 1.89. The lowest BCUT2D eigenvalue weighted by Crippen LogP contribution is -1.89. The summed E-state index contributed by atoms with van der Waals surface area (Å²) in [5, 5.41) is 0.830. The van der Waals surface area contributed by atoms with E-state index in [4.69, 9.17) is 23.2 Å². The Morgan fingerprint density at radius 3 is 2.78 bits per heavy atom. The van der Waals surface area contributed by atoms with Crippen molar-refractivity contribution in [2.75, 3.05) is 0 Å². The minimum atomic E-state index is 0.830. The molecule has 0 saturated carbocycles. The smallest absolute Gasteiger partial charge is 0.0406 e. The fourth-order valence-corrected chi connectivity index (χ4v) is 1.42. The molecule has 0 saturated heterocycles. The minimum Gasteiger partial charge on any atom is -0.0926 e. The second kappa shape index (κ2) is 3.28. The van der Waals surface area contributed by atoms with Gasteiger partial charge in [0.05, 0.1) is 0 Å². The van der Waals surface area contributed by atoms with Crippen molar-refractivity contribution < 1.29 is 0 Å². The Labute approximate surface area is 65.2 Å². The van der Waals surface area contributed by atoms with Gasteiger partial charge in [0.2, 0.25) is 0 Å². The van der Waals surface area contributed by atoms with Gasteiger partial charge in [-0.25, -0.2) is 0 Å². The molecule has 0 aromatic rings. The molecule has 0 atom stereocenters. The first-order valence-electron chi connectivity index (χ1n) is 3.00. The van der Waals surface area contributed by atoms with Crippen LogP contribution >= 0.6 is 23.2 Å². The van der Waals surface area contributed by atoms with Crippen LogP contribution in [0.15, 0.2) is 22.2 Å². The van der Waals surface area contributed by atoms with Crippen molar-refractivity contribution in [3.05, 3.63) is 22.2 Å².